The van der Waals surface area contributed by atoms with Crippen LogP contribution in [0.3, 0.4) is 0 Å². The second-order valence-corrected chi connectivity index (χ2v) is 4.58. The minimum Gasteiger partial charge on any atom is -0.360 e. The zero-order valence-corrected chi connectivity index (χ0v) is 9.34. The molecule has 3 rings (SSSR count). The third-order valence-electron chi connectivity index (χ3n) is 2.80. The van der Waals surface area contributed by atoms with Gasteiger partial charge in [0.1, 0.15) is 0 Å². The van der Waals surface area contributed by atoms with Crippen LogP contribution in [0.4, 0.5) is 0 Å². The first-order chi connectivity index (χ1) is 7.74. The zero-order valence-electron chi connectivity index (χ0n) is 8.59. The molecule has 1 heterocycles. The molecule has 1 aromatic heterocycles. The van der Waals surface area contributed by atoms with Crippen molar-refractivity contribution in [1.29, 1.82) is 0 Å². The molecule has 0 bridgehead atoms. The monoisotopic (exact) mass is 234 g/mol. The maximum Gasteiger partial charge on any atom is 0.253 e. The van der Waals surface area contributed by atoms with Gasteiger partial charge in [-0.2, -0.15) is 0 Å². The molecule has 0 atom stereocenters. The third-order valence-corrected chi connectivity index (χ3v) is 3.04. The van der Waals surface area contributed by atoms with E-state index in [-0.39, 0.29) is 5.91 Å². The Balaban J connectivity index is 1.99. The van der Waals surface area contributed by atoms with Crippen molar-refractivity contribution in [1.82, 2.24) is 10.3 Å². The summed E-state index contributed by atoms with van der Waals surface area (Å²) in [7, 11) is 0. The number of H-pyrrole nitrogens is 1. The van der Waals surface area contributed by atoms with Crippen molar-refractivity contribution in [2.75, 3.05) is 0 Å². The number of amides is 1. The summed E-state index contributed by atoms with van der Waals surface area (Å²) in [6, 6.07) is 5.87. The van der Waals surface area contributed by atoms with Gasteiger partial charge in [-0.3, -0.25) is 4.79 Å². The summed E-state index contributed by atoms with van der Waals surface area (Å²) in [5.74, 6) is -0.00364. The number of halogens is 1. The van der Waals surface area contributed by atoms with Gasteiger partial charge in [0.2, 0.25) is 0 Å². The Kier molecular flexibility index (Phi) is 2.14. The lowest BCUT2D eigenvalue weighted by atomic mass is 10.1. The topological polar surface area (TPSA) is 44.9 Å². The Labute approximate surface area is 97.8 Å². The van der Waals surface area contributed by atoms with E-state index in [1.165, 1.54) is 0 Å². The summed E-state index contributed by atoms with van der Waals surface area (Å²) < 4.78 is 0. The SMILES string of the molecule is O=C(NC1CC1)c1c[nH]c2cc(Cl)ccc12. The van der Waals surface area contributed by atoms with E-state index in [9.17, 15) is 4.79 Å². The number of hydrogen-bond acceptors (Lipinski definition) is 1. The average Bonchev–Trinajstić information content (AvgIpc) is 2.96. The van der Waals surface area contributed by atoms with Crippen molar-refractivity contribution in [2.24, 2.45) is 0 Å². The van der Waals surface area contributed by atoms with Crippen LogP contribution in [-0.4, -0.2) is 16.9 Å². The highest BCUT2D eigenvalue weighted by Crippen LogP contribution is 2.24. The number of fused-ring (bicyclic) bond motifs is 1. The van der Waals surface area contributed by atoms with E-state index < -0.39 is 0 Å². The lowest BCUT2D eigenvalue weighted by Crippen LogP contribution is -2.24. The van der Waals surface area contributed by atoms with Crippen LogP contribution in [-0.2, 0) is 0 Å². The molecule has 1 aliphatic rings. The second kappa shape index (κ2) is 3.52. The van der Waals surface area contributed by atoms with Crippen molar-refractivity contribution in [3.8, 4) is 0 Å². The largest absolute Gasteiger partial charge is 0.360 e. The molecular formula is C12H11ClN2O. The van der Waals surface area contributed by atoms with Gasteiger partial charge in [-0.15, -0.1) is 0 Å². The molecule has 0 spiro atoms. The lowest BCUT2D eigenvalue weighted by Gasteiger charge is -2.01. The molecule has 0 aliphatic heterocycles. The first-order valence-corrected chi connectivity index (χ1v) is 5.69. The molecule has 0 saturated heterocycles. The Bertz CT molecular complexity index is 557. The van der Waals surface area contributed by atoms with Crippen LogP contribution in [0.5, 0.6) is 0 Å². The first-order valence-electron chi connectivity index (χ1n) is 5.31. The lowest BCUT2D eigenvalue weighted by molar-refractivity contribution is 0.0953. The molecule has 0 radical (unpaired) electrons. The smallest absolute Gasteiger partial charge is 0.253 e. The minimum atomic E-state index is -0.00364. The number of carbonyl (C=O) groups is 1. The van der Waals surface area contributed by atoms with Crippen molar-refractivity contribution in [3.05, 3.63) is 35.0 Å². The van der Waals surface area contributed by atoms with E-state index in [2.05, 4.69) is 10.3 Å². The molecule has 0 unspecified atom stereocenters. The quantitative estimate of drug-likeness (QED) is 0.825. The summed E-state index contributed by atoms with van der Waals surface area (Å²) in [5, 5.41) is 4.56. The van der Waals surface area contributed by atoms with Crippen LogP contribution in [0.1, 0.15) is 23.2 Å². The number of aromatic nitrogens is 1. The van der Waals surface area contributed by atoms with E-state index in [1.54, 1.807) is 12.3 Å². The predicted molar refractivity (Wildman–Crippen MR) is 63.8 cm³/mol. The van der Waals surface area contributed by atoms with E-state index >= 15 is 0 Å². The van der Waals surface area contributed by atoms with Crippen LogP contribution in [0, 0.1) is 0 Å². The maximum atomic E-state index is 11.9. The Morgan fingerprint density at radius 2 is 2.25 bits per heavy atom. The molecule has 3 nitrogen and oxygen atoms in total. The van der Waals surface area contributed by atoms with E-state index in [0.29, 0.717) is 16.6 Å². The van der Waals surface area contributed by atoms with Gasteiger partial charge in [-0.25, -0.2) is 0 Å². The number of hydrogen-bond donors (Lipinski definition) is 2. The predicted octanol–water partition coefficient (Wildman–Crippen LogP) is 2.71. The minimum absolute atomic E-state index is 0.00364. The van der Waals surface area contributed by atoms with Crippen LogP contribution >= 0.6 is 11.6 Å². The normalized spacial score (nSPS) is 15.3. The fraction of sp³-hybridized carbons (Fsp3) is 0.250. The summed E-state index contributed by atoms with van der Waals surface area (Å²) in [6.45, 7) is 0. The third kappa shape index (κ3) is 1.67. The Morgan fingerprint density at radius 3 is 3.00 bits per heavy atom. The van der Waals surface area contributed by atoms with Gasteiger partial charge in [0.15, 0.2) is 0 Å². The second-order valence-electron chi connectivity index (χ2n) is 4.14. The van der Waals surface area contributed by atoms with Gasteiger partial charge in [0.25, 0.3) is 5.91 Å². The van der Waals surface area contributed by atoms with Crippen LogP contribution < -0.4 is 5.32 Å². The molecular weight excluding hydrogens is 224 g/mol. The van der Waals surface area contributed by atoms with Crippen molar-refractivity contribution >= 4 is 28.4 Å². The molecule has 1 amide bonds. The van der Waals surface area contributed by atoms with Gasteiger partial charge in [0.05, 0.1) is 5.56 Å². The highest BCUT2D eigenvalue weighted by Gasteiger charge is 2.24. The maximum absolute atomic E-state index is 11.9. The standard InChI is InChI=1S/C12H11ClN2O/c13-7-1-4-9-10(6-14-11(9)5-7)12(16)15-8-2-3-8/h1,4-6,8,14H,2-3H2,(H,15,16). The molecule has 82 valence electrons. The van der Waals surface area contributed by atoms with Crippen LogP contribution in [0.25, 0.3) is 10.9 Å². The molecule has 16 heavy (non-hydrogen) atoms. The molecule has 1 fully saturated rings. The number of nitrogens with one attached hydrogen (secondary N) is 2. The summed E-state index contributed by atoms with van der Waals surface area (Å²) in [5.41, 5.74) is 1.59. The van der Waals surface area contributed by atoms with Gasteiger partial charge < -0.3 is 10.3 Å². The molecule has 1 saturated carbocycles. The summed E-state index contributed by atoms with van der Waals surface area (Å²) in [4.78, 5) is 14.9. The van der Waals surface area contributed by atoms with Gasteiger partial charge >= 0.3 is 0 Å². The number of aromatic amines is 1. The Hall–Kier alpha value is -1.48. The van der Waals surface area contributed by atoms with Gasteiger partial charge in [-0.05, 0) is 25.0 Å². The van der Waals surface area contributed by atoms with Crippen molar-refractivity contribution in [3.63, 3.8) is 0 Å². The van der Waals surface area contributed by atoms with E-state index in [0.717, 1.165) is 23.7 Å². The number of carbonyl (C=O) groups excluding carboxylic acids is 1. The van der Waals surface area contributed by atoms with Crippen molar-refractivity contribution in [2.45, 2.75) is 18.9 Å². The van der Waals surface area contributed by atoms with Crippen LogP contribution in [0.2, 0.25) is 5.02 Å². The van der Waals surface area contributed by atoms with Crippen LogP contribution in [0.15, 0.2) is 24.4 Å². The molecule has 1 aromatic carbocycles. The molecule has 2 N–H and O–H groups in total. The van der Waals surface area contributed by atoms with Gasteiger partial charge in [0, 0.05) is 28.2 Å². The summed E-state index contributed by atoms with van der Waals surface area (Å²) in [6.07, 6.45) is 3.93. The molecule has 1 aliphatic carbocycles. The van der Waals surface area contributed by atoms with E-state index in [1.807, 2.05) is 12.1 Å². The number of rotatable bonds is 2. The molecule has 4 heteroatoms. The highest BCUT2D eigenvalue weighted by molar-refractivity contribution is 6.31. The number of benzene rings is 1. The fourth-order valence-electron chi connectivity index (χ4n) is 1.78. The van der Waals surface area contributed by atoms with E-state index in [4.69, 9.17) is 11.6 Å². The molecule has 2 aromatic rings. The van der Waals surface area contributed by atoms with Gasteiger partial charge in [-0.1, -0.05) is 17.7 Å². The fourth-order valence-corrected chi connectivity index (χ4v) is 1.95. The Morgan fingerprint density at radius 1 is 1.44 bits per heavy atom. The average molecular weight is 235 g/mol. The zero-order chi connectivity index (χ0) is 11.1. The first kappa shape index (κ1) is 9.73. The van der Waals surface area contributed by atoms with Crippen molar-refractivity contribution < 1.29 is 4.79 Å². The highest BCUT2D eigenvalue weighted by atomic mass is 35.5. The summed E-state index contributed by atoms with van der Waals surface area (Å²) >= 11 is 5.88.